The van der Waals surface area contributed by atoms with Gasteiger partial charge in [-0.05, 0) is 62.5 Å². The minimum atomic E-state index is -0.828. The lowest BCUT2D eigenvalue weighted by molar-refractivity contribution is -0.140. The van der Waals surface area contributed by atoms with Crippen LogP contribution in [0.4, 0.5) is 0 Å². The van der Waals surface area contributed by atoms with Crippen molar-refractivity contribution in [3.8, 4) is 17.2 Å². The highest BCUT2D eigenvalue weighted by Gasteiger charge is 2.46. The van der Waals surface area contributed by atoms with Gasteiger partial charge >= 0.3 is 0 Å². The molecule has 0 spiro atoms. The number of rotatable bonds is 7. The van der Waals surface area contributed by atoms with Crippen molar-refractivity contribution in [3.05, 3.63) is 58.7 Å². The summed E-state index contributed by atoms with van der Waals surface area (Å²) >= 11 is 0. The molecule has 2 N–H and O–H groups in total. The molecule has 0 bridgehead atoms. The van der Waals surface area contributed by atoms with E-state index in [4.69, 9.17) is 9.47 Å². The lowest BCUT2D eigenvalue weighted by Crippen LogP contribution is -2.35. The molecular weight excluding hydrogens is 412 g/mol. The Kier molecular flexibility index (Phi) is 6.74. The Balaban J connectivity index is 2.20. The molecule has 1 heterocycles. The number of hydrogen-bond donors (Lipinski definition) is 2. The summed E-state index contributed by atoms with van der Waals surface area (Å²) in [4.78, 5) is 29.4. The standard InChI is InChI=1S/C24H28N2O6/c1-14-12-16(31-4)7-8-17(14)22(28)20-21(15-6-9-18(27)19(13-15)32-5)26(11-10-25(2)3)24(30)23(20)29/h6-9,12-13,21,27-28H,10-11H2,1-5H3. The van der Waals surface area contributed by atoms with Gasteiger partial charge in [0.05, 0.1) is 25.8 Å². The monoisotopic (exact) mass is 440 g/mol. The van der Waals surface area contributed by atoms with E-state index in [0.29, 0.717) is 29.0 Å². The van der Waals surface area contributed by atoms with Crippen molar-refractivity contribution in [2.45, 2.75) is 13.0 Å². The number of hydrogen-bond acceptors (Lipinski definition) is 7. The van der Waals surface area contributed by atoms with E-state index in [1.807, 2.05) is 19.0 Å². The zero-order chi connectivity index (χ0) is 23.6. The van der Waals surface area contributed by atoms with Crippen LogP contribution in [0.3, 0.4) is 0 Å². The number of aryl methyl sites for hydroxylation is 1. The minimum absolute atomic E-state index is 0.00485. The van der Waals surface area contributed by atoms with Crippen LogP contribution in [0.1, 0.15) is 22.7 Å². The van der Waals surface area contributed by atoms with Crippen molar-refractivity contribution < 1.29 is 29.3 Å². The lowest BCUT2D eigenvalue weighted by atomic mass is 9.93. The third-order valence-corrected chi connectivity index (χ3v) is 5.54. The van der Waals surface area contributed by atoms with Gasteiger partial charge in [0.2, 0.25) is 0 Å². The summed E-state index contributed by atoms with van der Waals surface area (Å²) in [6.45, 7) is 2.60. The SMILES string of the molecule is COc1ccc(C(O)=C2C(=O)C(=O)N(CCN(C)C)C2c2ccc(O)c(OC)c2)c(C)c1. The number of likely N-dealkylation sites (N-methyl/N-ethyl adjacent to an activating group) is 1. The normalized spacial score (nSPS) is 17.8. The molecule has 32 heavy (non-hydrogen) atoms. The Morgan fingerprint density at radius 1 is 1.09 bits per heavy atom. The molecule has 1 unspecified atom stereocenters. The van der Waals surface area contributed by atoms with Crippen molar-refractivity contribution in [2.24, 2.45) is 0 Å². The molecule has 8 heteroatoms. The predicted molar refractivity (Wildman–Crippen MR) is 120 cm³/mol. The second-order valence-corrected chi connectivity index (χ2v) is 7.91. The number of carbonyl (C=O) groups is 2. The Morgan fingerprint density at radius 3 is 2.41 bits per heavy atom. The van der Waals surface area contributed by atoms with Gasteiger partial charge < -0.3 is 29.5 Å². The molecular formula is C24H28N2O6. The van der Waals surface area contributed by atoms with Gasteiger partial charge in [-0.1, -0.05) is 6.07 Å². The molecule has 0 aliphatic carbocycles. The van der Waals surface area contributed by atoms with Gasteiger partial charge in [0, 0.05) is 18.7 Å². The topological polar surface area (TPSA) is 99.5 Å². The molecule has 0 saturated carbocycles. The number of carbonyl (C=O) groups excluding carboxylic acids is 2. The molecule has 1 aliphatic heterocycles. The molecule has 1 atom stereocenters. The first-order valence-electron chi connectivity index (χ1n) is 10.1. The molecule has 1 saturated heterocycles. The van der Waals surface area contributed by atoms with Gasteiger partial charge in [-0.2, -0.15) is 0 Å². The van der Waals surface area contributed by atoms with E-state index < -0.39 is 17.7 Å². The maximum atomic E-state index is 13.1. The van der Waals surface area contributed by atoms with E-state index in [1.165, 1.54) is 18.1 Å². The minimum Gasteiger partial charge on any atom is -0.507 e. The highest BCUT2D eigenvalue weighted by atomic mass is 16.5. The first-order chi connectivity index (χ1) is 15.2. The molecule has 2 aromatic carbocycles. The zero-order valence-corrected chi connectivity index (χ0v) is 18.9. The van der Waals surface area contributed by atoms with Gasteiger partial charge in [-0.25, -0.2) is 0 Å². The number of ketones is 1. The largest absolute Gasteiger partial charge is 0.507 e. The first kappa shape index (κ1) is 23.1. The van der Waals surface area contributed by atoms with E-state index in [-0.39, 0.29) is 29.4 Å². The van der Waals surface area contributed by atoms with Crippen molar-refractivity contribution in [1.82, 2.24) is 9.80 Å². The maximum Gasteiger partial charge on any atom is 0.295 e. The second kappa shape index (κ2) is 9.32. The molecule has 1 aliphatic rings. The van der Waals surface area contributed by atoms with Crippen molar-refractivity contribution in [3.63, 3.8) is 0 Å². The van der Waals surface area contributed by atoms with Crippen LogP contribution < -0.4 is 9.47 Å². The van der Waals surface area contributed by atoms with Crippen LogP contribution in [-0.2, 0) is 9.59 Å². The first-order valence-corrected chi connectivity index (χ1v) is 10.1. The summed E-state index contributed by atoms with van der Waals surface area (Å²) in [5.74, 6) is -0.933. The van der Waals surface area contributed by atoms with Crippen LogP contribution in [0, 0.1) is 6.92 Å². The van der Waals surface area contributed by atoms with E-state index in [9.17, 15) is 19.8 Å². The Morgan fingerprint density at radius 2 is 1.81 bits per heavy atom. The molecule has 8 nitrogen and oxygen atoms in total. The smallest absolute Gasteiger partial charge is 0.295 e. The third-order valence-electron chi connectivity index (χ3n) is 5.54. The number of aliphatic hydroxyl groups is 1. The summed E-state index contributed by atoms with van der Waals surface area (Å²) in [7, 11) is 6.71. The average molecular weight is 440 g/mol. The average Bonchev–Trinajstić information content (AvgIpc) is 3.02. The Bertz CT molecular complexity index is 1080. The number of nitrogens with zero attached hydrogens (tertiary/aromatic N) is 2. The molecule has 170 valence electrons. The summed E-state index contributed by atoms with van der Waals surface area (Å²) in [5.41, 5.74) is 1.68. The number of amides is 1. The van der Waals surface area contributed by atoms with Crippen molar-refractivity contribution in [1.29, 1.82) is 0 Å². The van der Waals surface area contributed by atoms with Crippen LogP contribution in [-0.4, -0.2) is 73.1 Å². The summed E-state index contributed by atoms with van der Waals surface area (Å²) in [6, 6.07) is 8.89. The zero-order valence-electron chi connectivity index (χ0n) is 18.9. The van der Waals surface area contributed by atoms with Crippen LogP contribution >= 0.6 is 0 Å². The number of benzene rings is 2. The molecule has 0 radical (unpaired) electrons. The number of aliphatic hydroxyl groups excluding tert-OH is 1. The van der Waals surface area contributed by atoms with Gasteiger partial charge in [0.1, 0.15) is 11.5 Å². The number of ether oxygens (including phenoxy) is 2. The van der Waals surface area contributed by atoms with Gasteiger partial charge in [-0.15, -0.1) is 0 Å². The molecule has 2 aromatic rings. The highest BCUT2D eigenvalue weighted by Crippen LogP contribution is 2.42. The predicted octanol–water partition coefficient (Wildman–Crippen LogP) is 2.70. The Hall–Kier alpha value is -3.52. The van der Waals surface area contributed by atoms with Gasteiger partial charge in [0.25, 0.3) is 11.7 Å². The number of phenolic OH excluding ortho intramolecular Hbond substituents is 1. The van der Waals surface area contributed by atoms with E-state index >= 15 is 0 Å². The Labute approximate surface area is 187 Å². The maximum absolute atomic E-state index is 13.1. The van der Waals surface area contributed by atoms with E-state index in [1.54, 1.807) is 44.4 Å². The summed E-state index contributed by atoms with van der Waals surface area (Å²) < 4.78 is 10.4. The molecule has 0 aromatic heterocycles. The fourth-order valence-electron chi connectivity index (χ4n) is 3.80. The molecule has 3 rings (SSSR count). The summed E-state index contributed by atoms with van der Waals surface area (Å²) in [6.07, 6.45) is 0. The fourth-order valence-corrected chi connectivity index (χ4v) is 3.80. The third kappa shape index (κ3) is 4.27. The highest BCUT2D eigenvalue weighted by molar-refractivity contribution is 6.46. The van der Waals surface area contributed by atoms with Gasteiger partial charge in [0.15, 0.2) is 11.5 Å². The lowest BCUT2D eigenvalue weighted by Gasteiger charge is -2.27. The van der Waals surface area contributed by atoms with E-state index in [2.05, 4.69) is 0 Å². The fraction of sp³-hybridized carbons (Fsp3) is 0.333. The van der Waals surface area contributed by atoms with Crippen LogP contribution in [0.15, 0.2) is 42.0 Å². The molecule has 1 fully saturated rings. The number of likely N-dealkylation sites (tertiary alicyclic amines) is 1. The second-order valence-electron chi connectivity index (χ2n) is 7.91. The van der Waals surface area contributed by atoms with Crippen LogP contribution in [0.5, 0.6) is 17.2 Å². The van der Waals surface area contributed by atoms with Crippen molar-refractivity contribution >= 4 is 17.4 Å². The quantitative estimate of drug-likeness (QED) is 0.388. The number of phenols is 1. The van der Waals surface area contributed by atoms with Crippen LogP contribution in [0.25, 0.3) is 5.76 Å². The number of Topliss-reactive ketones (excluding diaryl/α,β-unsaturated/α-hetero) is 1. The van der Waals surface area contributed by atoms with Crippen LogP contribution in [0.2, 0.25) is 0 Å². The van der Waals surface area contributed by atoms with Crippen molar-refractivity contribution in [2.75, 3.05) is 41.4 Å². The van der Waals surface area contributed by atoms with E-state index in [0.717, 1.165) is 0 Å². The molecule has 1 amide bonds. The number of aromatic hydroxyl groups is 1. The summed E-state index contributed by atoms with van der Waals surface area (Å²) in [5, 5.41) is 21.2. The number of methoxy groups -OCH3 is 2. The van der Waals surface area contributed by atoms with Gasteiger partial charge in [-0.3, -0.25) is 9.59 Å².